The van der Waals surface area contributed by atoms with Crippen molar-refractivity contribution in [2.75, 3.05) is 6.54 Å². The average Bonchev–Trinajstić information content (AvgIpc) is 2.64. The van der Waals surface area contributed by atoms with Gasteiger partial charge in [0.25, 0.3) is 0 Å². The standard InChI is InChI=1S/C11H15F3N4O2/c1-3-4-5-8(19)15-6-7-18-10(20)17(2)9(16-18)11(12,13)14/h3H,1,4-7H2,2H3,(H,15,19). The molecule has 1 N–H and O–H groups in total. The second-order valence-electron chi connectivity index (χ2n) is 4.06. The van der Waals surface area contributed by atoms with Gasteiger partial charge in [0.1, 0.15) is 0 Å². The molecule has 6 nitrogen and oxygen atoms in total. The van der Waals surface area contributed by atoms with Gasteiger partial charge in [-0.05, 0) is 6.42 Å². The molecule has 0 aromatic carbocycles. The van der Waals surface area contributed by atoms with E-state index in [1.807, 2.05) is 0 Å². The van der Waals surface area contributed by atoms with Gasteiger partial charge in [-0.3, -0.25) is 9.36 Å². The number of carbonyl (C=O) groups is 1. The number of carbonyl (C=O) groups excluding carboxylic acids is 1. The van der Waals surface area contributed by atoms with Crippen molar-refractivity contribution in [1.29, 1.82) is 0 Å². The molecule has 112 valence electrons. The van der Waals surface area contributed by atoms with Crippen LogP contribution in [0, 0.1) is 0 Å². The van der Waals surface area contributed by atoms with E-state index in [-0.39, 0.29) is 25.4 Å². The summed E-state index contributed by atoms with van der Waals surface area (Å²) in [6, 6.07) is 0. The van der Waals surface area contributed by atoms with Crippen LogP contribution in [0.1, 0.15) is 18.7 Å². The Bertz CT molecular complexity index is 545. The highest BCUT2D eigenvalue weighted by molar-refractivity contribution is 5.75. The summed E-state index contributed by atoms with van der Waals surface area (Å²) in [7, 11) is 0.997. The molecule has 1 aromatic rings. The molecular formula is C11H15F3N4O2. The van der Waals surface area contributed by atoms with Crippen molar-refractivity contribution >= 4 is 5.91 Å². The Labute approximate surface area is 112 Å². The highest BCUT2D eigenvalue weighted by atomic mass is 19.4. The SMILES string of the molecule is C=CCCC(=O)NCCn1nc(C(F)(F)F)n(C)c1=O. The molecule has 0 radical (unpaired) electrons. The number of amides is 1. The summed E-state index contributed by atoms with van der Waals surface area (Å²) < 4.78 is 38.7. The van der Waals surface area contributed by atoms with Gasteiger partial charge < -0.3 is 5.32 Å². The summed E-state index contributed by atoms with van der Waals surface area (Å²) >= 11 is 0. The minimum absolute atomic E-state index is 0.0319. The maximum atomic E-state index is 12.5. The van der Waals surface area contributed by atoms with Crippen LogP contribution in [-0.2, 0) is 24.6 Å². The zero-order valence-corrected chi connectivity index (χ0v) is 10.9. The molecule has 0 fully saturated rings. The molecule has 0 atom stereocenters. The molecule has 0 aliphatic carbocycles. The van der Waals surface area contributed by atoms with Gasteiger partial charge in [-0.15, -0.1) is 11.7 Å². The molecule has 1 aromatic heterocycles. The van der Waals surface area contributed by atoms with Crippen LogP contribution in [0.5, 0.6) is 0 Å². The number of hydrogen-bond acceptors (Lipinski definition) is 3. The van der Waals surface area contributed by atoms with Crippen molar-refractivity contribution in [2.24, 2.45) is 7.05 Å². The van der Waals surface area contributed by atoms with Crippen molar-refractivity contribution in [3.63, 3.8) is 0 Å². The number of nitrogens with zero attached hydrogens (tertiary/aromatic N) is 3. The van der Waals surface area contributed by atoms with Gasteiger partial charge in [0.15, 0.2) is 0 Å². The van der Waals surface area contributed by atoms with E-state index in [9.17, 15) is 22.8 Å². The molecule has 0 saturated heterocycles. The zero-order valence-electron chi connectivity index (χ0n) is 10.9. The first-order chi connectivity index (χ1) is 9.27. The Morgan fingerprint density at radius 3 is 2.65 bits per heavy atom. The van der Waals surface area contributed by atoms with Crippen LogP contribution in [0.4, 0.5) is 13.2 Å². The quantitative estimate of drug-likeness (QED) is 0.784. The Morgan fingerprint density at radius 2 is 2.15 bits per heavy atom. The lowest BCUT2D eigenvalue weighted by atomic mass is 10.3. The van der Waals surface area contributed by atoms with Crippen LogP contribution in [0.2, 0.25) is 0 Å². The molecule has 0 spiro atoms. The van der Waals surface area contributed by atoms with Gasteiger partial charge in [-0.25, -0.2) is 9.48 Å². The van der Waals surface area contributed by atoms with Crippen LogP contribution in [-0.4, -0.2) is 26.8 Å². The number of rotatable bonds is 6. The number of alkyl halides is 3. The summed E-state index contributed by atoms with van der Waals surface area (Å²) in [5.74, 6) is -1.52. The minimum Gasteiger partial charge on any atom is -0.354 e. The minimum atomic E-state index is -4.69. The maximum Gasteiger partial charge on any atom is 0.451 e. The van der Waals surface area contributed by atoms with E-state index in [1.54, 1.807) is 6.08 Å². The van der Waals surface area contributed by atoms with Gasteiger partial charge in [-0.1, -0.05) is 6.08 Å². The second kappa shape index (κ2) is 6.40. The summed E-state index contributed by atoms with van der Waals surface area (Å²) in [6.45, 7) is 3.37. The Hall–Kier alpha value is -2.06. The molecule has 20 heavy (non-hydrogen) atoms. The third-order valence-corrected chi connectivity index (χ3v) is 2.52. The van der Waals surface area contributed by atoms with Crippen molar-refractivity contribution < 1.29 is 18.0 Å². The van der Waals surface area contributed by atoms with Crippen LogP contribution < -0.4 is 11.0 Å². The second-order valence-corrected chi connectivity index (χ2v) is 4.06. The summed E-state index contributed by atoms with van der Waals surface area (Å²) in [4.78, 5) is 22.8. The van der Waals surface area contributed by atoms with E-state index in [0.29, 0.717) is 15.7 Å². The van der Waals surface area contributed by atoms with E-state index in [2.05, 4.69) is 17.0 Å². The predicted octanol–water partition coefficient (Wildman–Crippen LogP) is 0.683. The van der Waals surface area contributed by atoms with Gasteiger partial charge in [-0.2, -0.15) is 13.2 Å². The van der Waals surface area contributed by atoms with Crippen LogP contribution >= 0.6 is 0 Å². The van der Waals surface area contributed by atoms with Gasteiger partial charge in [0.05, 0.1) is 6.54 Å². The first-order valence-electron chi connectivity index (χ1n) is 5.86. The van der Waals surface area contributed by atoms with E-state index < -0.39 is 17.7 Å². The summed E-state index contributed by atoms with van der Waals surface area (Å²) in [5, 5.41) is 5.70. The topological polar surface area (TPSA) is 68.9 Å². The normalized spacial score (nSPS) is 11.4. The molecule has 0 unspecified atom stereocenters. The van der Waals surface area contributed by atoms with E-state index in [1.165, 1.54) is 0 Å². The molecule has 1 rings (SSSR count). The van der Waals surface area contributed by atoms with Gasteiger partial charge in [0, 0.05) is 20.0 Å². The molecule has 1 amide bonds. The lowest BCUT2D eigenvalue weighted by Crippen LogP contribution is -2.31. The van der Waals surface area contributed by atoms with Gasteiger partial charge in [0.2, 0.25) is 11.7 Å². The predicted molar refractivity (Wildman–Crippen MR) is 64.9 cm³/mol. The monoisotopic (exact) mass is 292 g/mol. The van der Waals surface area contributed by atoms with Gasteiger partial charge >= 0.3 is 11.9 Å². The third kappa shape index (κ3) is 3.97. The smallest absolute Gasteiger partial charge is 0.354 e. The molecule has 0 aliphatic heterocycles. The highest BCUT2D eigenvalue weighted by Crippen LogP contribution is 2.25. The number of hydrogen-bond donors (Lipinski definition) is 1. The largest absolute Gasteiger partial charge is 0.451 e. The number of aromatic nitrogens is 3. The van der Waals surface area contributed by atoms with Crippen molar-refractivity contribution in [3.8, 4) is 0 Å². The molecule has 0 saturated carbocycles. The van der Waals surface area contributed by atoms with Crippen molar-refractivity contribution in [1.82, 2.24) is 19.7 Å². The number of nitrogens with one attached hydrogen (secondary N) is 1. The summed E-state index contributed by atoms with van der Waals surface area (Å²) in [6.07, 6.45) is -2.35. The average molecular weight is 292 g/mol. The molecule has 1 heterocycles. The van der Waals surface area contributed by atoms with E-state index >= 15 is 0 Å². The summed E-state index contributed by atoms with van der Waals surface area (Å²) in [5.41, 5.74) is -0.877. The molecule has 9 heteroatoms. The number of halogens is 3. The van der Waals surface area contributed by atoms with E-state index in [4.69, 9.17) is 0 Å². The molecule has 0 bridgehead atoms. The Balaban J connectivity index is 2.64. The zero-order chi connectivity index (χ0) is 15.3. The lowest BCUT2D eigenvalue weighted by molar-refractivity contribution is -0.147. The first kappa shape index (κ1) is 16.0. The maximum absolute atomic E-state index is 12.5. The molecule has 0 aliphatic rings. The van der Waals surface area contributed by atoms with Crippen LogP contribution in [0.25, 0.3) is 0 Å². The lowest BCUT2D eigenvalue weighted by Gasteiger charge is -2.03. The van der Waals surface area contributed by atoms with E-state index in [0.717, 1.165) is 7.05 Å². The first-order valence-corrected chi connectivity index (χ1v) is 5.86. The fourth-order valence-electron chi connectivity index (χ4n) is 1.50. The number of allylic oxidation sites excluding steroid dienone is 1. The fourth-order valence-corrected chi connectivity index (χ4v) is 1.50. The highest BCUT2D eigenvalue weighted by Gasteiger charge is 2.37. The fraction of sp³-hybridized carbons (Fsp3) is 0.545. The van der Waals surface area contributed by atoms with Crippen molar-refractivity contribution in [2.45, 2.75) is 25.6 Å². The third-order valence-electron chi connectivity index (χ3n) is 2.52. The Kier molecular flexibility index (Phi) is 5.12. The Morgan fingerprint density at radius 1 is 1.50 bits per heavy atom. The van der Waals surface area contributed by atoms with Crippen molar-refractivity contribution in [3.05, 3.63) is 29.0 Å². The van der Waals surface area contributed by atoms with Crippen LogP contribution in [0.15, 0.2) is 17.4 Å². The molecular weight excluding hydrogens is 277 g/mol. The van der Waals surface area contributed by atoms with Crippen LogP contribution in [0.3, 0.4) is 0 Å².